The molecule has 3 aromatic rings. The van der Waals surface area contributed by atoms with Gasteiger partial charge in [0.2, 0.25) is 5.91 Å². The van der Waals surface area contributed by atoms with Gasteiger partial charge in [-0.25, -0.2) is 8.78 Å². The summed E-state index contributed by atoms with van der Waals surface area (Å²) in [4.78, 5) is 37.5. The highest BCUT2D eigenvalue weighted by molar-refractivity contribution is 5.99. The number of nitrogens with zero attached hydrogens (tertiary/aromatic N) is 5. The second kappa shape index (κ2) is 11.1. The number of pyridine rings is 1. The van der Waals surface area contributed by atoms with Gasteiger partial charge in [0, 0.05) is 80.0 Å². The van der Waals surface area contributed by atoms with E-state index in [1.807, 2.05) is 19.9 Å². The Morgan fingerprint density at radius 1 is 1.21 bits per heavy atom. The summed E-state index contributed by atoms with van der Waals surface area (Å²) in [6, 6.07) is 12.9. The summed E-state index contributed by atoms with van der Waals surface area (Å²) in [5.74, 6) is -1.40. The Bertz CT molecular complexity index is 1650. The maximum absolute atomic E-state index is 14.4. The fraction of sp³-hybridized carbons (Fsp3) is 0.394. The molecule has 4 heterocycles. The van der Waals surface area contributed by atoms with Crippen molar-refractivity contribution in [1.29, 1.82) is 5.26 Å². The third-order valence-corrected chi connectivity index (χ3v) is 8.78. The zero-order chi connectivity index (χ0) is 30.5. The Hall–Kier alpha value is -4.20. The summed E-state index contributed by atoms with van der Waals surface area (Å²) < 4.78 is 27.8. The van der Waals surface area contributed by atoms with Crippen molar-refractivity contribution >= 4 is 17.5 Å². The predicted octanol–water partition coefficient (Wildman–Crippen LogP) is 3.76. The van der Waals surface area contributed by atoms with Gasteiger partial charge in [-0.3, -0.25) is 19.5 Å². The number of nitriles is 1. The average Bonchev–Trinajstić information content (AvgIpc) is 3.43. The van der Waals surface area contributed by atoms with Crippen molar-refractivity contribution in [2.45, 2.75) is 51.2 Å². The quantitative estimate of drug-likeness (QED) is 0.475. The first-order valence-corrected chi connectivity index (χ1v) is 14.6. The number of benzene rings is 2. The third kappa shape index (κ3) is 5.51. The number of rotatable bonds is 6. The summed E-state index contributed by atoms with van der Waals surface area (Å²) in [5, 5.41) is 13.0. The van der Waals surface area contributed by atoms with E-state index < -0.39 is 11.6 Å². The molecule has 2 atom stereocenters. The molecule has 0 saturated carbocycles. The maximum Gasteiger partial charge on any atom is 0.254 e. The van der Waals surface area contributed by atoms with E-state index in [0.717, 1.165) is 22.9 Å². The molecule has 43 heavy (non-hydrogen) atoms. The van der Waals surface area contributed by atoms with E-state index in [1.165, 1.54) is 12.1 Å². The fourth-order valence-corrected chi connectivity index (χ4v) is 6.54. The number of hydrogen-bond donors (Lipinski definition) is 1. The molecule has 1 aromatic heterocycles. The first kappa shape index (κ1) is 28.9. The molecule has 0 radical (unpaired) electrons. The molecule has 0 aliphatic carbocycles. The van der Waals surface area contributed by atoms with Crippen LogP contribution in [-0.2, 0) is 23.2 Å². The topological polar surface area (TPSA) is 92.6 Å². The number of aromatic nitrogens is 1. The monoisotopic (exact) mass is 584 g/mol. The van der Waals surface area contributed by atoms with Gasteiger partial charge in [0.05, 0.1) is 29.6 Å². The molecule has 222 valence electrons. The Morgan fingerprint density at radius 2 is 2.02 bits per heavy atom. The SMILES string of the molecule is C[C@@H]1CN(CC(=O)N2CC(C)(C)c3ncc(Cc4ccc(F)cc4F)cc32)[C@@H](CN2Cc3c(C#N)cccc3C2=O)CN1. The van der Waals surface area contributed by atoms with E-state index in [9.17, 15) is 23.6 Å². The van der Waals surface area contributed by atoms with Crippen molar-refractivity contribution < 1.29 is 18.4 Å². The Kier molecular flexibility index (Phi) is 7.48. The Balaban J connectivity index is 1.20. The molecule has 0 spiro atoms. The predicted molar refractivity (Wildman–Crippen MR) is 158 cm³/mol. The van der Waals surface area contributed by atoms with E-state index in [0.29, 0.717) is 55.1 Å². The second-order valence-electron chi connectivity index (χ2n) is 12.5. The molecule has 0 unspecified atom stereocenters. The number of carbonyl (C=O) groups is 2. The van der Waals surface area contributed by atoms with Crippen molar-refractivity contribution in [2.75, 3.05) is 37.6 Å². The molecular weight excluding hydrogens is 550 g/mol. The highest BCUT2D eigenvalue weighted by Gasteiger charge is 2.41. The smallest absolute Gasteiger partial charge is 0.254 e. The average molecular weight is 585 g/mol. The number of piperazine rings is 1. The van der Waals surface area contributed by atoms with Crippen LogP contribution in [0.2, 0.25) is 0 Å². The van der Waals surface area contributed by atoms with Crippen molar-refractivity contribution in [3.8, 4) is 6.07 Å². The van der Waals surface area contributed by atoms with Crippen molar-refractivity contribution in [1.82, 2.24) is 20.1 Å². The van der Waals surface area contributed by atoms with E-state index in [-0.39, 0.29) is 42.3 Å². The molecule has 2 aromatic carbocycles. The van der Waals surface area contributed by atoms with E-state index in [2.05, 4.69) is 23.2 Å². The molecule has 2 amide bonds. The number of nitrogens with one attached hydrogen (secondary N) is 1. The van der Waals surface area contributed by atoms with Crippen LogP contribution in [0.1, 0.15) is 59.1 Å². The molecule has 0 bridgehead atoms. The normalized spacial score (nSPS) is 21.1. The van der Waals surface area contributed by atoms with Gasteiger partial charge >= 0.3 is 0 Å². The van der Waals surface area contributed by atoms with Gasteiger partial charge in [-0.1, -0.05) is 26.0 Å². The molecule has 1 fully saturated rings. The largest absolute Gasteiger partial charge is 0.333 e. The first-order valence-electron chi connectivity index (χ1n) is 14.6. The van der Waals surface area contributed by atoms with Crippen LogP contribution < -0.4 is 10.2 Å². The van der Waals surface area contributed by atoms with E-state index >= 15 is 0 Å². The van der Waals surface area contributed by atoms with E-state index in [1.54, 1.807) is 34.2 Å². The number of amides is 2. The first-order chi connectivity index (χ1) is 20.5. The van der Waals surface area contributed by atoms with Gasteiger partial charge in [-0.15, -0.1) is 0 Å². The molecule has 8 nitrogen and oxygen atoms in total. The third-order valence-electron chi connectivity index (χ3n) is 8.78. The zero-order valence-electron chi connectivity index (χ0n) is 24.5. The lowest BCUT2D eigenvalue weighted by molar-refractivity contribution is -0.120. The summed E-state index contributed by atoms with van der Waals surface area (Å²) in [7, 11) is 0. The Labute approximate surface area is 249 Å². The highest BCUT2D eigenvalue weighted by Crippen LogP contribution is 2.40. The summed E-state index contributed by atoms with van der Waals surface area (Å²) in [5.41, 5.74) is 4.09. The minimum atomic E-state index is -0.627. The summed E-state index contributed by atoms with van der Waals surface area (Å²) in [6.45, 7) is 8.87. The van der Waals surface area contributed by atoms with Crippen LogP contribution in [0.15, 0.2) is 48.7 Å². The molecule has 1 saturated heterocycles. The van der Waals surface area contributed by atoms with Crippen LogP contribution in [0.5, 0.6) is 0 Å². The van der Waals surface area contributed by atoms with Gasteiger partial charge in [-0.05, 0) is 42.3 Å². The van der Waals surface area contributed by atoms with Crippen molar-refractivity contribution in [3.63, 3.8) is 0 Å². The van der Waals surface area contributed by atoms with Gasteiger partial charge in [-0.2, -0.15) is 5.26 Å². The fourth-order valence-electron chi connectivity index (χ4n) is 6.54. The summed E-state index contributed by atoms with van der Waals surface area (Å²) in [6.07, 6.45) is 1.93. The Morgan fingerprint density at radius 3 is 2.79 bits per heavy atom. The molecule has 10 heteroatoms. The zero-order valence-corrected chi connectivity index (χ0v) is 24.5. The van der Waals surface area contributed by atoms with Crippen LogP contribution in [0.25, 0.3) is 0 Å². The van der Waals surface area contributed by atoms with Gasteiger partial charge in [0.25, 0.3) is 5.91 Å². The van der Waals surface area contributed by atoms with Crippen LogP contribution in [0.3, 0.4) is 0 Å². The number of halogens is 2. The van der Waals surface area contributed by atoms with Gasteiger partial charge in [0.15, 0.2) is 0 Å². The van der Waals surface area contributed by atoms with Gasteiger partial charge < -0.3 is 15.1 Å². The van der Waals surface area contributed by atoms with Crippen LogP contribution in [-0.4, -0.2) is 71.4 Å². The lowest BCUT2D eigenvalue weighted by Gasteiger charge is -2.41. The molecule has 3 aliphatic heterocycles. The molecular formula is C33H34F2N6O2. The standard InChI is InChI=1S/C33H34F2N6O2/c1-20-15-39(25(14-37-20)16-40-17-27-23(12-36)5-4-6-26(27)32(40)43)18-30(42)41-19-33(2,3)31-29(41)10-21(13-38-31)9-22-7-8-24(34)11-28(22)35/h4-8,10-11,13,20,25,37H,9,14-19H2,1-3H3/t20-,25-/m1/s1. The minimum Gasteiger partial charge on any atom is -0.333 e. The van der Waals surface area contributed by atoms with Crippen molar-refractivity contribution in [2.24, 2.45) is 0 Å². The van der Waals surface area contributed by atoms with Crippen LogP contribution >= 0.6 is 0 Å². The molecule has 1 N–H and O–H groups in total. The lowest BCUT2D eigenvalue weighted by Crippen LogP contribution is -2.60. The molecule has 3 aliphatic rings. The second-order valence-corrected chi connectivity index (χ2v) is 12.5. The van der Waals surface area contributed by atoms with Crippen LogP contribution in [0.4, 0.5) is 14.5 Å². The highest BCUT2D eigenvalue weighted by atomic mass is 19.1. The summed E-state index contributed by atoms with van der Waals surface area (Å²) >= 11 is 0. The number of hydrogen-bond acceptors (Lipinski definition) is 6. The van der Waals surface area contributed by atoms with Gasteiger partial charge in [0.1, 0.15) is 11.6 Å². The molecule has 6 rings (SSSR count). The number of anilines is 1. The maximum atomic E-state index is 14.4. The van der Waals surface area contributed by atoms with Crippen molar-refractivity contribution in [3.05, 3.63) is 93.8 Å². The number of fused-ring (bicyclic) bond motifs is 2. The van der Waals surface area contributed by atoms with E-state index in [4.69, 9.17) is 4.98 Å². The minimum absolute atomic E-state index is 0.0689. The number of carbonyl (C=O) groups excluding carboxylic acids is 2. The lowest BCUT2D eigenvalue weighted by atomic mass is 9.91. The van der Waals surface area contributed by atoms with Crippen LogP contribution in [0, 0.1) is 23.0 Å².